The summed E-state index contributed by atoms with van der Waals surface area (Å²) in [7, 11) is 1.56. The Bertz CT molecular complexity index is 880. The Hall–Kier alpha value is -3.59. The first-order valence-corrected chi connectivity index (χ1v) is 8.27. The van der Waals surface area contributed by atoms with E-state index in [2.05, 4.69) is 5.32 Å². The smallest absolute Gasteiger partial charge is 0.349 e. The van der Waals surface area contributed by atoms with Gasteiger partial charge in [0.25, 0.3) is 5.91 Å². The first-order chi connectivity index (χ1) is 13.0. The Balaban J connectivity index is 1.86. The predicted molar refractivity (Wildman–Crippen MR) is 101 cm³/mol. The molecule has 2 aromatic carbocycles. The predicted octanol–water partition coefficient (Wildman–Crippen LogP) is 2.77. The summed E-state index contributed by atoms with van der Waals surface area (Å²) in [4.78, 5) is 23.9. The summed E-state index contributed by atoms with van der Waals surface area (Å²) in [5.41, 5.74) is 2.46. The standard InChI is InChI=1S/C21H20N2O4/c1-15-6-8-16(9-7-15)10-18(12-22)21(25)27-14-20(24)23-13-17-4-3-5-19(11-17)26-2/h3-11H,13-14H2,1-2H3,(H,23,24)/b18-10+. The number of methoxy groups -OCH3 is 1. The zero-order chi connectivity index (χ0) is 19.6. The number of nitrogens with zero attached hydrogens (tertiary/aromatic N) is 1. The van der Waals surface area contributed by atoms with Crippen LogP contribution in [0.4, 0.5) is 0 Å². The largest absolute Gasteiger partial charge is 0.497 e. The van der Waals surface area contributed by atoms with Crippen molar-refractivity contribution in [3.8, 4) is 11.8 Å². The third-order valence-electron chi connectivity index (χ3n) is 3.69. The van der Waals surface area contributed by atoms with Crippen LogP contribution < -0.4 is 10.1 Å². The molecule has 2 aromatic rings. The van der Waals surface area contributed by atoms with Gasteiger partial charge in [-0.15, -0.1) is 0 Å². The number of aryl methyl sites for hydroxylation is 1. The van der Waals surface area contributed by atoms with Crippen molar-refractivity contribution in [3.63, 3.8) is 0 Å². The number of carbonyl (C=O) groups excluding carboxylic acids is 2. The summed E-state index contributed by atoms with van der Waals surface area (Å²) >= 11 is 0. The van der Waals surface area contributed by atoms with Crippen molar-refractivity contribution >= 4 is 18.0 Å². The zero-order valence-corrected chi connectivity index (χ0v) is 15.2. The van der Waals surface area contributed by atoms with Crippen molar-refractivity contribution in [3.05, 3.63) is 70.8 Å². The first-order valence-electron chi connectivity index (χ1n) is 8.27. The molecule has 0 aliphatic carbocycles. The summed E-state index contributed by atoms with van der Waals surface area (Å²) in [5.74, 6) is -0.610. The highest BCUT2D eigenvalue weighted by Crippen LogP contribution is 2.12. The van der Waals surface area contributed by atoms with Crippen molar-refractivity contribution in [2.45, 2.75) is 13.5 Å². The van der Waals surface area contributed by atoms with E-state index < -0.39 is 18.5 Å². The molecule has 0 aliphatic heterocycles. The van der Waals surface area contributed by atoms with Gasteiger partial charge < -0.3 is 14.8 Å². The number of rotatable bonds is 7. The second kappa shape index (κ2) is 9.78. The van der Waals surface area contributed by atoms with Crippen LogP contribution in [0.25, 0.3) is 6.08 Å². The summed E-state index contributed by atoms with van der Waals surface area (Å²) in [6.07, 6.45) is 1.43. The van der Waals surface area contributed by atoms with E-state index in [9.17, 15) is 9.59 Å². The highest BCUT2D eigenvalue weighted by Gasteiger charge is 2.13. The Labute approximate surface area is 158 Å². The second-order valence-electron chi connectivity index (χ2n) is 5.78. The van der Waals surface area contributed by atoms with Crippen LogP contribution in [0.5, 0.6) is 5.75 Å². The van der Waals surface area contributed by atoms with E-state index in [4.69, 9.17) is 14.7 Å². The van der Waals surface area contributed by atoms with E-state index in [1.54, 1.807) is 37.4 Å². The van der Waals surface area contributed by atoms with Gasteiger partial charge in [0.15, 0.2) is 6.61 Å². The van der Waals surface area contributed by atoms with Gasteiger partial charge in [0.1, 0.15) is 17.4 Å². The van der Waals surface area contributed by atoms with Crippen LogP contribution in [0, 0.1) is 18.3 Å². The number of benzene rings is 2. The molecule has 0 heterocycles. The minimum atomic E-state index is -0.838. The quantitative estimate of drug-likeness (QED) is 0.464. The average molecular weight is 364 g/mol. The number of nitriles is 1. The highest BCUT2D eigenvalue weighted by atomic mass is 16.5. The maximum absolute atomic E-state index is 12.0. The molecular weight excluding hydrogens is 344 g/mol. The molecule has 0 bridgehead atoms. The molecule has 0 fully saturated rings. The summed E-state index contributed by atoms with van der Waals surface area (Å²) in [5, 5.41) is 11.8. The van der Waals surface area contributed by atoms with Crippen molar-refractivity contribution in [2.75, 3.05) is 13.7 Å². The number of amides is 1. The minimum Gasteiger partial charge on any atom is -0.497 e. The van der Waals surface area contributed by atoms with E-state index in [1.807, 2.05) is 31.2 Å². The van der Waals surface area contributed by atoms with E-state index in [0.29, 0.717) is 11.3 Å². The number of carbonyl (C=O) groups is 2. The van der Waals surface area contributed by atoms with Crippen LogP contribution in [-0.2, 0) is 20.9 Å². The number of esters is 1. The van der Waals surface area contributed by atoms with Crippen LogP contribution in [0.3, 0.4) is 0 Å². The fourth-order valence-corrected chi connectivity index (χ4v) is 2.21. The lowest BCUT2D eigenvalue weighted by atomic mass is 10.1. The lowest BCUT2D eigenvalue weighted by Gasteiger charge is -2.07. The molecule has 0 saturated carbocycles. The number of hydrogen-bond donors (Lipinski definition) is 1. The van der Waals surface area contributed by atoms with E-state index in [1.165, 1.54) is 6.08 Å². The van der Waals surface area contributed by atoms with Crippen LogP contribution in [0.2, 0.25) is 0 Å². The van der Waals surface area contributed by atoms with E-state index >= 15 is 0 Å². The third kappa shape index (κ3) is 6.33. The molecule has 0 atom stereocenters. The average Bonchev–Trinajstić information content (AvgIpc) is 2.70. The Morgan fingerprint density at radius 1 is 1.19 bits per heavy atom. The number of nitrogens with one attached hydrogen (secondary N) is 1. The second-order valence-corrected chi connectivity index (χ2v) is 5.78. The minimum absolute atomic E-state index is 0.167. The molecule has 138 valence electrons. The lowest BCUT2D eigenvalue weighted by molar-refractivity contribution is -0.144. The van der Waals surface area contributed by atoms with Gasteiger partial charge in [0.2, 0.25) is 0 Å². The van der Waals surface area contributed by atoms with Gasteiger partial charge in [0.05, 0.1) is 7.11 Å². The Kier molecular flexibility index (Phi) is 7.15. The summed E-state index contributed by atoms with van der Waals surface area (Å²) < 4.78 is 10.0. The monoisotopic (exact) mass is 364 g/mol. The van der Waals surface area contributed by atoms with Crippen molar-refractivity contribution in [2.24, 2.45) is 0 Å². The number of hydrogen-bond acceptors (Lipinski definition) is 5. The molecule has 2 rings (SSSR count). The molecule has 0 saturated heterocycles. The summed E-state index contributed by atoms with van der Waals surface area (Å²) in [6, 6.07) is 16.4. The normalized spacial score (nSPS) is 10.6. The van der Waals surface area contributed by atoms with Crippen LogP contribution >= 0.6 is 0 Å². The van der Waals surface area contributed by atoms with Gasteiger partial charge in [0, 0.05) is 6.54 Å². The molecule has 0 spiro atoms. The topological polar surface area (TPSA) is 88.4 Å². The molecule has 0 unspecified atom stereocenters. The summed E-state index contributed by atoms with van der Waals surface area (Å²) in [6.45, 7) is 1.75. The molecule has 6 nitrogen and oxygen atoms in total. The fraction of sp³-hybridized carbons (Fsp3) is 0.190. The highest BCUT2D eigenvalue weighted by molar-refractivity contribution is 5.98. The van der Waals surface area contributed by atoms with Crippen LogP contribution in [0.1, 0.15) is 16.7 Å². The Morgan fingerprint density at radius 3 is 2.59 bits per heavy atom. The van der Waals surface area contributed by atoms with E-state index in [0.717, 1.165) is 11.1 Å². The molecule has 6 heteroatoms. The molecular formula is C21H20N2O4. The molecule has 0 aromatic heterocycles. The van der Waals surface area contributed by atoms with Crippen molar-refractivity contribution in [1.82, 2.24) is 5.32 Å². The first kappa shape index (κ1) is 19.7. The Morgan fingerprint density at radius 2 is 1.93 bits per heavy atom. The molecule has 1 amide bonds. The maximum Gasteiger partial charge on any atom is 0.349 e. The molecule has 0 aliphatic rings. The van der Waals surface area contributed by atoms with Gasteiger partial charge in [-0.25, -0.2) is 4.79 Å². The SMILES string of the molecule is COc1cccc(CNC(=O)COC(=O)/C(C#N)=C/c2ccc(C)cc2)c1. The van der Waals surface area contributed by atoms with Crippen LogP contribution in [0.15, 0.2) is 54.1 Å². The van der Waals surface area contributed by atoms with Gasteiger partial charge in [-0.1, -0.05) is 42.0 Å². The zero-order valence-electron chi connectivity index (χ0n) is 15.2. The number of ether oxygens (including phenoxy) is 2. The van der Waals surface area contributed by atoms with Gasteiger partial charge >= 0.3 is 5.97 Å². The molecule has 27 heavy (non-hydrogen) atoms. The maximum atomic E-state index is 12.0. The lowest BCUT2D eigenvalue weighted by Crippen LogP contribution is -2.28. The molecule has 1 N–H and O–H groups in total. The van der Waals surface area contributed by atoms with Crippen molar-refractivity contribution < 1.29 is 19.1 Å². The van der Waals surface area contributed by atoms with Gasteiger partial charge in [-0.05, 0) is 36.3 Å². The van der Waals surface area contributed by atoms with Gasteiger partial charge in [-0.2, -0.15) is 5.26 Å². The third-order valence-corrected chi connectivity index (χ3v) is 3.69. The van der Waals surface area contributed by atoms with Crippen LogP contribution in [-0.4, -0.2) is 25.6 Å². The molecule has 0 radical (unpaired) electrons. The van der Waals surface area contributed by atoms with Gasteiger partial charge in [-0.3, -0.25) is 4.79 Å². The van der Waals surface area contributed by atoms with E-state index in [-0.39, 0.29) is 12.1 Å². The fourth-order valence-electron chi connectivity index (χ4n) is 2.21. The van der Waals surface area contributed by atoms with Crippen molar-refractivity contribution in [1.29, 1.82) is 5.26 Å².